The Bertz CT molecular complexity index is 1040. The van der Waals surface area contributed by atoms with Gasteiger partial charge in [0.05, 0.1) is 24.1 Å². The lowest BCUT2D eigenvalue weighted by Gasteiger charge is -2.44. The molecule has 1 aliphatic heterocycles. The number of aromatic nitrogens is 2. The summed E-state index contributed by atoms with van der Waals surface area (Å²) in [6.07, 6.45) is 1.23. The molecule has 3 rings (SSSR count). The number of carbonyl (C=O) groups is 2. The van der Waals surface area contributed by atoms with Crippen molar-refractivity contribution in [2.24, 2.45) is 17.1 Å². The molecule has 32 heavy (non-hydrogen) atoms. The Balaban J connectivity index is 2.06. The zero-order chi connectivity index (χ0) is 23.6. The number of rotatable bonds is 5. The van der Waals surface area contributed by atoms with E-state index in [0.29, 0.717) is 18.5 Å². The number of piperidine rings is 1. The fraction of sp³-hybridized carbons (Fsp3) is 0.455. The van der Waals surface area contributed by atoms with Crippen LogP contribution in [-0.2, 0) is 0 Å². The van der Waals surface area contributed by atoms with E-state index in [1.165, 1.54) is 40.0 Å². The Morgan fingerprint density at radius 1 is 1.34 bits per heavy atom. The van der Waals surface area contributed by atoms with E-state index in [4.69, 9.17) is 5.73 Å². The molecular formula is C22H27FN6O3. The minimum absolute atomic E-state index is 0.0907. The summed E-state index contributed by atoms with van der Waals surface area (Å²) in [7, 11) is 0. The van der Waals surface area contributed by atoms with E-state index in [-0.39, 0.29) is 23.3 Å². The fourth-order valence-corrected chi connectivity index (χ4v) is 4.15. The van der Waals surface area contributed by atoms with E-state index >= 15 is 0 Å². The molecule has 1 unspecified atom stereocenters. The predicted molar refractivity (Wildman–Crippen MR) is 116 cm³/mol. The van der Waals surface area contributed by atoms with Crippen LogP contribution < -0.4 is 11.1 Å². The van der Waals surface area contributed by atoms with E-state index in [0.717, 1.165) is 0 Å². The van der Waals surface area contributed by atoms with Gasteiger partial charge in [-0.3, -0.25) is 9.48 Å². The van der Waals surface area contributed by atoms with Crippen LogP contribution in [0.3, 0.4) is 0 Å². The molecule has 2 amide bonds. The molecular weight excluding hydrogens is 415 g/mol. The standard InChI is InChI=1S/C22H27FN6O3/c1-22(2,3)10-17-18(13(11-24)8-9-28(17)21(31)32)29-12-16(19(25)30)20(27-29)26-15-6-4-14(23)5-7-15/h4-7,12-13,17-18H,8-10H2,1-3H3,(H2,25,30)(H,26,27)(H,31,32)/t13-,17?,18-/m0/s1. The van der Waals surface area contributed by atoms with Crippen molar-refractivity contribution in [3.05, 3.63) is 41.8 Å². The van der Waals surface area contributed by atoms with E-state index in [1.807, 2.05) is 20.8 Å². The number of primary amides is 1. The fourth-order valence-electron chi connectivity index (χ4n) is 4.15. The second-order valence-corrected chi connectivity index (χ2v) is 9.19. The minimum Gasteiger partial charge on any atom is -0.465 e. The largest absolute Gasteiger partial charge is 0.465 e. The van der Waals surface area contributed by atoms with Crippen LogP contribution in [0.1, 0.15) is 50.0 Å². The molecule has 0 radical (unpaired) electrons. The lowest BCUT2D eigenvalue weighted by Crippen LogP contribution is -2.53. The van der Waals surface area contributed by atoms with Gasteiger partial charge in [-0.2, -0.15) is 10.4 Å². The first-order valence-corrected chi connectivity index (χ1v) is 10.3. The lowest BCUT2D eigenvalue weighted by molar-refractivity contribution is 0.0421. The highest BCUT2D eigenvalue weighted by molar-refractivity contribution is 5.98. The summed E-state index contributed by atoms with van der Waals surface area (Å²) in [6, 6.07) is 6.67. The first-order chi connectivity index (χ1) is 15.0. The van der Waals surface area contributed by atoms with Crippen molar-refractivity contribution in [1.29, 1.82) is 5.26 Å². The minimum atomic E-state index is -1.06. The Morgan fingerprint density at radius 2 is 2.00 bits per heavy atom. The second kappa shape index (κ2) is 8.86. The van der Waals surface area contributed by atoms with Crippen LogP contribution in [0.4, 0.5) is 20.7 Å². The normalized spacial score (nSPS) is 21.1. The number of carboxylic acid groups (broad SMARTS) is 1. The average molecular weight is 442 g/mol. The zero-order valence-electron chi connectivity index (χ0n) is 18.2. The Morgan fingerprint density at radius 3 is 2.53 bits per heavy atom. The van der Waals surface area contributed by atoms with E-state index < -0.39 is 35.8 Å². The molecule has 0 aliphatic carbocycles. The Labute approximate surface area is 185 Å². The molecule has 9 nitrogen and oxygen atoms in total. The second-order valence-electron chi connectivity index (χ2n) is 9.19. The van der Waals surface area contributed by atoms with Crippen LogP contribution in [0.5, 0.6) is 0 Å². The third-order valence-electron chi connectivity index (χ3n) is 5.53. The average Bonchev–Trinajstić information content (AvgIpc) is 3.11. The summed E-state index contributed by atoms with van der Waals surface area (Å²) in [5, 5.41) is 27.0. The van der Waals surface area contributed by atoms with Gasteiger partial charge in [0.2, 0.25) is 0 Å². The molecule has 0 spiro atoms. The molecule has 1 fully saturated rings. The molecule has 0 bridgehead atoms. The molecule has 3 atom stereocenters. The van der Waals surface area contributed by atoms with Crippen molar-refractivity contribution < 1.29 is 19.1 Å². The van der Waals surface area contributed by atoms with Gasteiger partial charge in [0.15, 0.2) is 5.82 Å². The van der Waals surface area contributed by atoms with Crippen molar-refractivity contribution in [2.75, 3.05) is 11.9 Å². The van der Waals surface area contributed by atoms with Gasteiger partial charge in [-0.05, 0) is 42.5 Å². The Kier molecular flexibility index (Phi) is 6.39. The highest BCUT2D eigenvalue weighted by atomic mass is 19.1. The number of likely N-dealkylation sites (tertiary alicyclic amines) is 1. The molecule has 1 saturated heterocycles. The van der Waals surface area contributed by atoms with Crippen LogP contribution >= 0.6 is 0 Å². The third-order valence-corrected chi connectivity index (χ3v) is 5.53. The number of carbonyl (C=O) groups excluding carboxylic acids is 1. The molecule has 4 N–H and O–H groups in total. The summed E-state index contributed by atoms with van der Waals surface area (Å²) in [6.45, 7) is 6.24. The van der Waals surface area contributed by atoms with Gasteiger partial charge < -0.3 is 21.1 Å². The Hall–Kier alpha value is -3.61. The molecule has 1 aromatic heterocycles. The van der Waals surface area contributed by atoms with Gasteiger partial charge in [0.25, 0.3) is 5.91 Å². The number of nitriles is 1. The number of anilines is 2. The number of nitrogens with zero attached hydrogens (tertiary/aromatic N) is 4. The first kappa shape index (κ1) is 23.1. The van der Waals surface area contributed by atoms with Crippen molar-refractivity contribution in [2.45, 2.75) is 45.7 Å². The van der Waals surface area contributed by atoms with Gasteiger partial charge in [-0.1, -0.05) is 20.8 Å². The molecule has 2 aromatic rings. The molecule has 1 aromatic carbocycles. The van der Waals surface area contributed by atoms with Crippen LogP contribution in [0.25, 0.3) is 0 Å². The van der Waals surface area contributed by atoms with E-state index in [1.54, 1.807) is 0 Å². The highest BCUT2D eigenvalue weighted by Crippen LogP contribution is 2.39. The van der Waals surface area contributed by atoms with Crippen LogP contribution in [0.2, 0.25) is 0 Å². The van der Waals surface area contributed by atoms with Crippen LogP contribution in [0, 0.1) is 28.5 Å². The lowest BCUT2D eigenvalue weighted by atomic mass is 9.78. The van der Waals surface area contributed by atoms with Gasteiger partial charge in [-0.25, -0.2) is 9.18 Å². The van der Waals surface area contributed by atoms with Gasteiger partial charge in [0, 0.05) is 18.4 Å². The maximum absolute atomic E-state index is 13.2. The van der Waals surface area contributed by atoms with Gasteiger partial charge in [0.1, 0.15) is 11.4 Å². The van der Waals surface area contributed by atoms with Crippen LogP contribution in [0.15, 0.2) is 30.5 Å². The maximum atomic E-state index is 13.2. The van der Waals surface area contributed by atoms with E-state index in [9.17, 15) is 24.3 Å². The summed E-state index contributed by atoms with van der Waals surface area (Å²) >= 11 is 0. The van der Waals surface area contributed by atoms with Crippen molar-refractivity contribution in [3.63, 3.8) is 0 Å². The summed E-state index contributed by atoms with van der Waals surface area (Å²) < 4.78 is 14.7. The molecule has 1 aliphatic rings. The van der Waals surface area contributed by atoms with Crippen LogP contribution in [-0.4, -0.2) is 44.4 Å². The molecule has 0 saturated carbocycles. The predicted octanol–water partition coefficient (Wildman–Crippen LogP) is 3.73. The number of nitrogens with one attached hydrogen (secondary N) is 1. The highest BCUT2D eigenvalue weighted by Gasteiger charge is 2.44. The molecule has 10 heteroatoms. The smallest absolute Gasteiger partial charge is 0.407 e. The number of hydrogen-bond acceptors (Lipinski definition) is 5. The van der Waals surface area contributed by atoms with Crippen molar-refractivity contribution in [1.82, 2.24) is 14.7 Å². The third kappa shape index (κ3) is 4.99. The number of halogens is 1. The summed E-state index contributed by atoms with van der Waals surface area (Å²) in [5.41, 5.74) is 5.92. The topological polar surface area (TPSA) is 137 Å². The number of benzene rings is 1. The quantitative estimate of drug-likeness (QED) is 0.645. The number of nitrogens with two attached hydrogens (primary N) is 1. The number of hydrogen-bond donors (Lipinski definition) is 3. The van der Waals surface area contributed by atoms with Crippen molar-refractivity contribution >= 4 is 23.5 Å². The molecule has 2 heterocycles. The molecule has 170 valence electrons. The van der Waals surface area contributed by atoms with E-state index in [2.05, 4.69) is 16.5 Å². The van der Waals surface area contributed by atoms with Gasteiger partial charge >= 0.3 is 6.09 Å². The number of amides is 2. The summed E-state index contributed by atoms with van der Waals surface area (Å²) in [5.74, 6) is -1.48. The summed E-state index contributed by atoms with van der Waals surface area (Å²) in [4.78, 5) is 25.4. The van der Waals surface area contributed by atoms with Gasteiger partial charge in [-0.15, -0.1) is 0 Å². The zero-order valence-corrected chi connectivity index (χ0v) is 18.2. The SMILES string of the molecule is CC(C)(C)CC1[C@@H](n2cc(C(N)=O)c(Nc3ccc(F)cc3)n2)[C@H](C#N)CCN1C(=O)O. The monoisotopic (exact) mass is 442 g/mol. The van der Waals surface area contributed by atoms with Crippen molar-refractivity contribution in [3.8, 4) is 6.07 Å². The first-order valence-electron chi connectivity index (χ1n) is 10.3. The maximum Gasteiger partial charge on any atom is 0.407 e.